The van der Waals surface area contributed by atoms with Gasteiger partial charge in [-0.15, -0.1) is 0 Å². The molecule has 1 amide bonds. The largest absolute Gasteiger partial charge is 0.404 e. The van der Waals surface area contributed by atoms with Crippen LogP contribution in [0.25, 0.3) is 0 Å². The first-order valence-electron chi connectivity index (χ1n) is 7.93. The number of non-ortho nitro benzene ring substituents is 1. The zero-order chi connectivity index (χ0) is 20.8. The Hall–Kier alpha value is -2.90. The van der Waals surface area contributed by atoms with Crippen molar-refractivity contribution in [3.63, 3.8) is 0 Å². The molecule has 28 heavy (non-hydrogen) atoms. The monoisotopic (exact) mass is 457 g/mol. The number of hydrogen-bond acceptors (Lipinski definition) is 8. The van der Waals surface area contributed by atoms with Crippen molar-refractivity contribution >= 4 is 33.3 Å². The van der Waals surface area contributed by atoms with Crippen LogP contribution in [0.15, 0.2) is 34.9 Å². The van der Waals surface area contributed by atoms with Crippen LogP contribution in [-0.2, 0) is 11.3 Å². The molecule has 2 atom stereocenters. The Labute approximate surface area is 166 Å². The Kier molecular flexibility index (Phi) is 7.14. The highest BCUT2D eigenvalue weighted by molar-refractivity contribution is 9.10. The second-order valence-corrected chi connectivity index (χ2v) is 6.58. The third-order valence-corrected chi connectivity index (χ3v) is 4.37. The maximum absolute atomic E-state index is 12.1. The summed E-state index contributed by atoms with van der Waals surface area (Å²) in [5, 5.41) is 47.4. The lowest BCUT2D eigenvalue weighted by Crippen LogP contribution is -2.42. The van der Waals surface area contributed by atoms with E-state index in [4.69, 9.17) is 0 Å². The fourth-order valence-corrected chi connectivity index (χ4v) is 2.83. The second kappa shape index (κ2) is 9.34. The van der Waals surface area contributed by atoms with Crippen molar-refractivity contribution in [1.82, 2.24) is 15.1 Å². The summed E-state index contributed by atoms with van der Waals surface area (Å²) in [7, 11) is 0. The van der Waals surface area contributed by atoms with E-state index in [0.29, 0.717) is 0 Å². The molecule has 0 radical (unpaired) electrons. The average Bonchev–Trinajstić information content (AvgIpc) is 3.05. The van der Waals surface area contributed by atoms with E-state index in [2.05, 4.69) is 26.3 Å². The summed E-state index contributed by atoms with van der Waals surface area (Å²) in [6, 6.07) is 4.04. The molecule has 1 aromatic heterocycles. The molecule has 0 aliphatic heterocycles. The van der Waals surface area contributed by atoms with Crippen LogP contribution in [0.4, 0.5) is 11.5 Å². The van der Waals surface area contributed by atoms with Crippen molar-refractivity contribution in [1.29, 1.82) is 0 Å². The first-order chi connectivity index (χ1) is 13.2. The molecule has 0 aliphatic carbocycles. The Morgan fingerprint density at radius 2 is 1.89 bits per heavy atom. The highest BCUT2D eigenvalue weighted by Crippen LogP contribution is 2.22. The molecule has 0 bridgehead atoms. The Morgan fingerprint density at radius 1 is 1.25 bits per heavy atom. The van der Waals surface area contributed by atoms with Crippen LogP contribution < -0.4 is 5.32 Å². The number of carbonyl (C=O) groups is 1. The quantitative estimate of drug-likeness (QED) is 0.369. The number of halogens is 1. The summed E-state index contributed by atoms with van der Waals surface area (Å²) in [5.74, 6) is -0.892. The van der Waals surface area contributed by atoms with Crippen LogP contribution in [0, 0.1) is 20.2 Å². The van der Waals surface area contributed by atoms with Gasteiger partial charge >= 0.3 is 5.82 Å². The summed E-state index contributed by atoms with van der Waals surface area (Å²) in [5.41, 5.74) is 0.136. The van der Waals surface area contributed by atoms with Crippen LogP contribution in [-0.4, -0.2) is 48.4 Å². The van der Waals surface area contributed by atoms with E-state index in [1.165, 1.54) is 35.1 Å². The Morgan fingerprint density at radius 3 is 2.39 bits per heavy atom. The van der Waals surface area contributed by atoms with Crippen LogP contribution in [0.3, 0.4) is 0 Å². The zero-order valence-electron chi connectivity index (χ0n) is 14.3. The molecule has 3 N–H and O–H groups in total. The number of nitrogens with one attached hydrogen (secondary N) is 1. The van der Waals surface area contributed by atoms with E-state index in [-0.39, 0.29) is 34.5 Å². The summed E-state index contributed by atoms with van der Waals surface area (Å²) >= 11 is 3.00. The number of nitrogens with zero attached hydrogens (tertiary/aromatic N) is 4. The molecule has 1 aromatic carbocycles. The van der Waals surface area contributed by atoms with Gasteiger partial charge in [-0.3, -0.25) is 14.9 Å². The van der Waals surface area contributed by atoms with Gasteiger partial charge in [0.2, 0.25) is 5.91 Å². The average molecular weight is 458 g/mol. The first-order valence-corrected chi connectivity index (χ1v) is 8.72. The highest BCUT2D eigenvalue weighted by Gasteiger charge is 2.24. The number of hydrogen-bond donors (Lipinski definition) is 3. The molecule has 0 fully saturated rings. The van der Waals surface area contributed by atoms with Crippen LogP contribution >= 0.6 is 15.9 Å². The van der Waals surface area contributed by atoms with Gasteiger partial charge in [-0.25, -0.2) is 0 Å². The van der Waals surface area contributed by atoms with Crippen molar-refractivity contribution in [2.24, 2.45) is 0 Å². The van der Waals surface area contributed by atoms with E-state index >= 15 is 0 Å². The van der Waals surface area contributed by atoms with Gasteiger partial charge in [0.25, 0.3) is 5.69 Å². The fourth-order valence-electron chi connectivity index (χ4n) is 2.37. The lowest BCUT2D eigenvalue weighted by molar-refractivity contribution is -0.390. The standard InChI is InChI=1S/C15H16BrN5O7/c16-11-7-19(18-15(11)21(27)28)6-5-13(23)17-12(8-22)14(24)9-1-3-10(4-2-9)20(25)26/h1-4,7,12,14,22,24H,5-6,8H2,(H,17,23). The van der Waals surface area contributed by atoms with Gasteiger partial charge in [0.1, 0.15) is 10.6 Å². The van der Waals surface area contributed by atoms with Crippen molar-refractivity contribution in [2.75, 3.05) is 6.61 Å². The van der Waals surface area contributed by atoms with E-state index in [0.717, 1.165) is 0 Å². The molecule has 2 rings (SSSR count). The van der Waals surface area contributed by atoms with E-state index in [9.17, 15) is 35.2 Å². The maximum atomic E-state index is 12.1. The minimum atomic E-state index is -1.28. The predicted molar refractivity (Wildman–Crippen MR) is 98.3 cm³/mol. The fraction of sp³-hybridized carbons (Fsp3) is 0.333. The van der Waals surface area contributed by atoms with Gasteiger partial charge in [-0.1, -0.05) is 0 Å². The van der Waals surface area contributed by atoms with Crippen molar-refractivity contribution in [2.45, 2.75) is 25.1 Å². The molecule has 150 valence electrons. The van der Waals surface area contributed by atoms with Gasteiger partial charge in [-0.2, -0.15) is 4.68 Å². The number of aryl methyl sites for hydroxylation is 1. The lowest BCUT2D eigenvalue weighted by Gasteiger charge is -2.22. The molecule has 0 saturated carbocycles. The van der Waals surface area contributed by atoms with Gasteiger partial charge in [0.15, 0.2) is 0 Å². The van der Waals surface area contributed by atoms with E-state index in [1.807, 2.05) is 0 Å². The van der Waals surface area contributed by atoms with Crippen LogP contribution in [0.2, 0.25) is 0 Å². The van der Waals surface area contributed by atoms with Crippen molar-refractivity contribution in [3.05, 3.63) is 60.7 Å². The topological polar surface area (TPSA) is 174 Å². The van der Waals surface area contributed by atoms with Gasteiger partial charge in [0.05, 0.1) is 35.4 Å². The number of aromatic nitrogens is 2. The number of carbonyl (C=O) groups excluding carboxylic acids is 1. The molecule has 0 spiro atoms. The maximum Gasteiger partial charge on any atom is 0.404 e. The Bertz CT molecular complexity index is 870. The molecular formula is C15H16BrN5O7. The highest BCUT2D eigenvalue weighted by atomic mass is 79.9. The number of benzene rings is 1. The zero-order valence-corrected chi connectivity index (χ0v) is 15.9. The smallest absolute Gasteiger partial charge is 0.394 e. The van der Waals surface area contributed by atoms with E-state index < -0.39 is 34.5 Å². The van der Waals surface area contributed by atoms with Gasteiger partial charge in [-0.05, 0) is 38.5 Å². The normalized spacial score (nSPS) is 13.0. The number of nitro groups is 2. The molecule has 0 aliphatic rings. The second-order valence-electron chi connectivity index (χ2n) is 5.72. The summed E-state index contributed by atoms with van der Waals surface area (Å²) < 4.78 is 1.41. The van der Waals surface area contributed by atoms with Crippen LogP contribution in [0.5, 0.6) is 0 Å². The van der Waals surface area contributed by atoms with Crippen LogP contribution in [0.1, 0.15) is 18.1 Å². The summed E-state index contributed by atoms with van der Waals surface area (Å²) in [6.45, 7) is -0.521. The molecular weight excluding hydrogens is 442 g/mol. The van der Waals surface area contributed by atoms with E-state index in [1.54, 1.807) is 0 Å². The summed E-state index contributed by atoms with van der Waals surface area (Å²) in [4.78, 5) is 32.3. The third kappa shape index (κ3) is 5.31. The van der Waals surface area contributed by atoms with Crippen molar-refractivity contribution < 1.29 is 24.9 Å². The van der Waals surface area contributed by atoms with Crippen molar-refractivity contribution in [3.8, 4) is 0 Å². The SMILES string of the molecule is O=C(CCn1cc(Br)c([N+](=O)[O-])n1)NC(CO)C(O)c1ccc([N+](=O)[O-])cc1. The molecule has 2 unspecified atom stereocenters. The molecule has 1 heterocycles. The predicted octanol–water partition coefficient (Wildman–Crippen LogP) is 1.06. The first kappa shape index (κ1) is 21.4. The molecule has 12 nitrogen and oxygen atoms in total. The number of aliphatic hydroxyl groups is 2. The third-order valence-electron chi connectivity index (χ3n) is 3.81. The number of nitro benzene ring substituents is 1. The summed E-state index contributed by atoms with van der Waals surface area (Å²) in [6.07, 6.45) is -0.0234. The lowest BCUT2D eigenvalue weighted by atomic mass is 10.0. The molecule has 13 heteroatoms. The molecule has 2 aromatic rings. The Balaban J connectivity index is 1.95. The minimum Gasteiger partial charge on any atom is -0.394 e. The molecule has 0 saturated heterocycles. The number of amides is 1. The van der Waals surface area contributed by atoms with Gasteiger partial charge < -0.3 is 25.6 Å². The van der Waals surface area contributed by atoms with Gasteiger partial charge in [0, 0.05) is 18.6 Å². The number of aliphatic hydroxyl groups excluding tert-OH is 2. The minimum absolute atomic E-state index is 0.0457. The number of rotatable bonds is 9.